The summed E-state index contributed by atoms with van der Waals surface area (Å²) in [6.45, 7) is 7.61. The van der Waals surface area contributed by atoms with Gasteiger partial charge in [0.2, 0.25) is 0 Å². The van der Waals surface area contributed by atoms with E-state index in [0.29, 0.717) is 28.3 Å². The highest BCUT2D eigenvalue weighted by molar-refractivity contribution is 6.06. The Morgan fingerprint density at radius 3 is 2.38 bits per heavy atom. The molecular formula is C23H25FN2O3. The Balaban J connectivity index is 0.00000145. The fourth-order valence-corrected chi connectivity index (χ4v) is 2.57. The van der Waals surface area contributed by atoms with Crippen molar-refractivity contribution in [1.29, 1.82) is 0 Å². The van der Waals surface area contributed by atoms with E-state index in [2.05, 4.69) is 5.32 Å². The molecular weight excluding hydrogens is 371 g/mol. The summed E-state index contributed by atoms with van der Waals surface area (Å²) in [5.74, 6) is 0.0569. The van der Waals surface area contributed by atoms with Crippen molar-refractivity contribution in [3.8, 4) is 11.5 Å². The van der Waals surface area contributed by atoms with E-state index in [4.69, 9.17) is 4.74 Å². The van der Waals surface area contributed by atoms with Crippen LogP contribution < -0.4 is 15.6 Å². The molecule has 0 radical (unpaired) electrons. The molecule has 0 atom stereocenters. The summed E-state index contributed by atoms with van der Waals surface area (Å²) < 4.78 is 20.6. The number of rotatable bonds is 4. The van der Waals surface area contributed by atoms with Crippen molar-refractivity contribution < 1.29 is 13.9 Å². The summed E-state index contributed by atoms with van der Waals surface area (Å²) in [5, 5.41) is 2.70. The number of amides is 1. The van der Waals surface area contributed by atoms with E-state index < -0.39 is 5.91 Å². The lowest BCUT2D eigenvalue weighted by Crippen LogP contribution is -2.18. The fraction of sp³-hybridized carbons (Fsp3) is 0.217. The van der Waals surface area contributed by atoms with Crippen LogP contribution >= 0.6 is 0 Å². The zero-order chi connectivity index (χ0) is 21.6. The normalized spacial score (nSPS) is 10.0. The quantitative estimate of drug-likeness (QED) is 0.658. The number of carbonyl (C=O) groups is 1. The van der Waals surface area contributed by atoms with Crippen LogP contribution in [0.2, 0.25) is 0 Å². The van der Waals surface area contributed by atoms with Gasteiger partial charge in [0.15, 0.2) is 0 Å². The minimum absolute atomic E-state index is 0.227. The lowest BCUT2D eigenvalue weighted by molar-refractivity contribution is 0.102. The molecule has 0 aliphatic carbocycles. The molecule has 3 aromatic rings. The highest BCUT2D eigenvalue weighted by Gasteiger charge is 2.15. The topological polar surface area (TPSA) is 60.3 Å². The highest BCUT2D eigenvalue weighted by atomic mass is 19.1. The molecule has 5 nitrogen and oxygen atoms in total. The number of carbonyl (C=O) groups excluding carboxylic acids is 1. The minimum atomic E-state index is -0.405. The number of hydrogen-bond acceptors (Lipinski definition) is 3. The maximum atomic E-state index is 13.3. The molecule has 29 heavy (non-hydrogen) atoms. The van der Waals surface area contributed by atoms with Gasteiger partial charge in [-0.3, -0.25) is 9.59 Å². The average molecular weight is 396 g/mol. The van der Waals surface area contributed by atoms with E-state index in [1.807, 2.05) is 20.8 Å². The first-order chi connectivity index (χ1) is 13.8. The Labute approximate surface area is 169 Å². The van der Waals surface area contributed by atoms with Gasteiger partial charge >= 0.3 is 0 Å². The van der Waals surface area contributed by atoms with Gasteiger partial charge in [0, 0.05) is 25.0 Å². The van der Waals surface area contributed by atoms with E-state index in [9.17, 15) is 14.0 Å². The van der Waals surface area contributed by atoms with Crippen LogP contribution in [0.1, 0.15) is 35.3 Å². The second-order valence-electron chi connectivity index (χ2n) is 6.33. The molecule has 1 N–H and O–H groups in total. The Hall–Kier alpha value is -3.41. The number of halogens is 1. The van der Waals surface area contributed by atoms with Crippen molar-refractivity contribution >= 4 is 11.6 Å². The van der Waals surface area contributed by atoms with E-state index in [1.54, 1.807) is 44.4 Å². The van der Waals surface area contributed by atoms with Crippen molar-refractivity contribution in [1.82, 2.24) is 4.57 Å². The Bertz CT molecular complexity index is 1070. The Kier molecular flexibility index (Phi) is 7.31. The van der Waals surface area contributed by atoms with Crippen molar-refractivity contribution in [2.45, 2.75) is 27.7 Å². The molecule has 1 aromatic heterocycles. The van der Waals surface area contributed by atoms with Gasteiger partial charge in [-0.1, -0.05) is 19.9 Å². The first-order valence-corrected chi connectivity index (χ1v) is 9.36. The summed E-state index contributed by atoms with van der Waals surface area (Å²) in [5.41, 5.74) is 2.01. The van der Waals surface area contributed by atoms with Crippen molar-refractivity contribution in [2.75, 3.05) is 5.32 Å². The van der Waals surface area contributed by atoms with Gasteiger partial charge in [-0.15, -0.1) is 0 Å². The summed E-state index contributed by atoms with van der Waals surface area (Å²) in [4.78, 5) is 24.4. The lowest BCUT2D eigenvalue weighted by atomic mass is 10.1. The zero-order valence-electron chi connectivity index (χ0n) is 17.2. The number of aromatic nitrogens is 1. The van der Waals surface area contributed by atoms with E-state index in [-0.39, 0.29) is 11.4 Å². The standard InChI is InChI=1S/C21H19FN2O3.C2H6/c1-13-4-6-17(21(26)23-16-8-9-24(3)20(25)12-16)19(10-13)27-18-7-5-15(22)11-14(18)2;1-2/h4-12H,1-3H3,(H,23,26);1-2H3. The summed E-state index contributed by atoms with van der Waals surface area (Å²) >= 11 is 0. The Morgan fingerprint density at radius 1 is 1.00 bits per heavy atom. The van der Waals surface area contributed by atoms with E-state index in [0.717, 1.165) is 5.56 Å². The third kappa shape index (κ3) is 5.54. The molecule has 0 bridgehead atoms. The summed E-state index contributed by atoms with van der Waals surface area (Å²) in [6, 6.07) is 12.4. The first kappa shape index (κ1) is 21.9. The molecule has 6 heteroatoms. The number of nitrogens with zero attached hydrogens (tertiary/aromatic N) is 1. The van der Waals surface area contributed by atoms with Crippen LogP contribution in [0.15, 0.2) is 59.5 Å². The molecule has 152 valence electrons. The van der Waals surface area contributed by atoms with Crippen LogP contribution in [0.3, 0.4) is 0 Å². The molecule has 1 heterocycles. The van der Waals surface area contributed by atoms with Crippen LogP contribution in [-0.4, -0.2) is 10.5 Å². The third-order valence-corrected chi connectivity index (χ3v) is 4.10. The zero-order valence-corrected chi connectivity index (χ0v) is 17.2. The van der Waals surface area contributed by atoms with Gasteiger partial charge in [0.25, 0.3) is 11.5 Å². The highest BCUT2D eigenvalue weighted by Crippen LogP contribution is 2.29. The molecule has 1 amide bonds. The van der Waals surface area contributed by atoms with Crippen molar-refractivity contribution in [3.63, 3.8) is 0 Å². The molecule has 2 aromatic carbocycles. The molecule has 0 spiro atoms. The van der Waals surface area contributed by atoms with Crippen LogP contribution in [0.5, 0.6) is 11.5 Å². The fourth-order valence-electron chi connectivity index (χ4n) is 2.57. The summed E-state index contributed by atoms with van der Waals surface area (Å²) in [6.07, 6.45) is 1.58. The summed E-state index contributed by atoms with van der Waals surface area (Å²) in [7, 11) is 1.63. The monoisotopic (exact) mass is 396 g/mol. The van der Waals surface area contributed by atoms with Crippen molar-refractivity contribution in [3.05, 3.63) is 87.6 Å². The maximum absolute atomic E-state index is 13.3. The number of hydrogen-bond donors (Lipinski definition) is 1. The Morgan fingerprint density at radius 2 is 1.72 bits per heavy atom. The smallest absolute Gasteiger partial charge is 0.259 e. The van der Waals surface area contributed by atoms with Crippen LogP contribution in [0, 0.1) is 19.7 Å². The molecule has 3 rings (SSSR count). The van der Waals surface area contributed by atoms with E-state index >= 15 is 0 Å². The van der Waals surface area contributed by atoms with Crippen molar-refractivity contribution in [2.24, 2.45) is 7.05 Å². The number of anilines is 1. The maximum Gasteiger partial charge on any atom is 0.259 e. The number of benzene rings is 2. The number of aryl methyl sites for hydroxylation is 3. The van der Waals surface area contributed by atoms with Gasteiger partial charge in [0.05, 0.1) is 5.56 Å². The molecule has 0 aliphatic rings. The van der Waals surface area contributed by atoms with Gasteiger partial charge in [-0.2, -0.15) is 0 Å². The van der Waals surface area contributed by atoms with Crippen LogP contribution in [0.4, 0.5) is 10.1 Å². The lowest BCUT2D eigenvalue weighted by Gasteiger charge is -2.14. The molecule has 0 unspecified atom stereocenters. The molecule has 0 saturated heterocycles. The molecule has 0 saturated carbocycles. The van der Waals surface area contributed by atoms with Gasteiger partial charge < -0.3 is 14.6 Å². The second-order valence-corrected chi connectivity index (χ2v) is 6.33. The SMILES string of the molecule is CC.Cc1ccc(C(=O)Nc2ccn(C)c(=O)c2)c(Oc2ccc(F)cc2C)c1. The van der Waals surface area contributed by atoms with Gasteiger partial charge in [-0.05, 0) is 61.4 Å². The van der Waals surface area contributed by atoms with Crippen LogP contribution in [0.25, 0.3) is 0 Å². The number of ether oxygens (including phenoxy) is 1. The van der Waals surface area contributed by atoms with E-state index in [1.165, 1.54) is 28.8 Å². The number of nitrogens with one attached hydrogen (secondary N) is 1. The predicted octanol–water partition coefficient (Wildman–Crippen LogP) is 5.21. The second kappa shape index (κ2) is 9.68. The largest absolute Gasteiger partial charge is 0.456 e. The molecule has 0 fully saturated rings. The number of pyridine rings is 1. The minimum Gasteiger partial charge on any atom is -0.456 e. The third-order valence-electron chi connectivity index (χ3n) is 4.10. The first-order valence-electron chi connectivity index (χ1n) is 9.36. The predicted molar refractivity (Wildman–Crippen MR) is 113 cm³/mol. The van der Waals surface area contributed by atoms with Crippen LogP contribution in [-0.2, 0) is 7.05 Å². The average Bonchev–Trinajstić information content (AvgIpc) is 2.68. The van der Waals surface area contributed by atoms with Gasteiger partial charge in [0.1, 0.15) is 17.3 Å². The molecule has 0 aliphatic heterocycles. The van der Waals surface area contributed by atoms with Gasteiger partial charge in [-0.25, -0.2) is 4.39 Å².